The number of nitrogens with zero attached hydrogens (tertiary/aromatic N) is 2. The molecule has 0 N–H and O–H groups in total. The molecule has 0 radical (unpaired) electrons. The van der Waals surface area contributed by atoms with Gasteiger partial charge in [-0.15, -0.1) is 0 Å². The molecule has 118 valence electrons. The minimum Gasteiger partial charge on any atom is -0.340 e. The van der Waals surface area contributed by atoms with Crippen LogP contribution in [0.4, 0.5) is 0 Å². The third-order valence-electron chi connectivity index (χ3n) is 5.80. The van der Waals surface area contributed by atoms with Crippen LogP contribution in [-0.4, -0.2) is 47.9 Å². The third-order valence-corrected chi connectivity index (χ3v) is 5.80. The van der Waals surface area contributed by atoms with Crippen LogP contribution in [-0.2, 0) is 4.79 Å². The molecule has 2 aliphatic carbocycles. The maximum atomic E-state index is 12.7. The third kappa shape index (κ3) is 2.79. The summed E-state index contributed by atoms with van der Waals surface area (Å²) < 4.78 is 0. The van der Waals surface area contributed by atoms with Gasteiger partial charge in [-0.05, 0) is 30.7 Å². The van der Waals surface area contributed by atoms with Gasteiger partial charge in [-0.2, -0.15) is 0 Å². The van der Waals surface area contributed by atoms with Gasteiger partial charge in [-0.3, -0.25) is 9.69 Å². The maximum absolute atomic E-state index is 12.7. The van der Waals surface area contributed by atoms with E-state index in [4.69, 9.17) is 0 Å². The topological polar surface area (TPSA) is 23.6 Å². The van der Waals surface area contributed by atoms with Crippen molar-refractivity contribution in [2.24, 2.45) is 5.92 Å². The van der Waals surface area contributed by atoms with Crippen molar-refractivity contribution >= 4 is 5.91 Å². The molecule has 3 heteroatoms. The Bertz CT molecular complexity index is 515. The van der Waals surface area contributed by atoms with E-state index in [1.165, 1.54) is 31.2 Å². The van der Waals surface area contributed by atoms with Crippen LogP contribution >= 0.6 is 0 Å². The summed E-state index contributed by atoms with van der Waals surface area (Å²) in [5.74, 6) is 1.13. The second-order valence-corrected chi connectivity index (χ2v) is 7.16. The Morgan fingerprint density at radius 1 is 0.955 bits per heavy atom. The Labute approximate surface area is 133 Å². The van der Waals surface area contributed by atoms with E-state index in [-0.39, 0.29) is 5.92 Å². The molecular weight excluding hydrogens is 272 g/mol. The molecule has 1 aliphatic heterocycles. The SMILES string of the molecule is O=C([C@H]1CC1c1ccccc1)N1CCN(C2CCCC2)CC1. The standard InChI is InChI=1S/C19H26N2O/c22-19(18-14-17(18)15-6-2-1-3-7-15)21-12-10-20(11-13-21)16-8-4-5-9-16/h1-3,6-7,16-18H,4-5,8-14H2/t17?,18-/m0/s1. The van der Waals surface area contributed by atoms with Crippen molar-refractivity contribution in [1.29, 1.82) is 0 Å². The van der Waals surface area contributed by atoms with E-state index in [0.717, 1.165) is 38.6 Å². The quantitative estimate of drug-likeness (QED) is 0.856. The fourth-order valence-electron chi connectivity index (χ4n) is 4.35. The van der Waals surface area contributed by atoms with E-state index in [0.29, 0.717) is 11.8 Å². The van der Waals surface area contributed by atoms with Crippen LogP contribution < -0.4 is 0 Å². The van der Waals surface area contributed by atoms with Gasteiger partial charge < -0.3 is 4.90 Å². The minimum absolute atomic E-state index is 0.250. The Hall–Kier alpha value is -1.35. The van der Waals surface area contributed by atoms with Gasteiger partial charge in [-0.1, -0.05) is 43.2 Å². The van der Waals surface area contributed by atoms with E-state index in [2.05, 4.69) is 34.1 Å². The van der Waals surface area contributed by atoms with E-state index < -0.39 is 0 Å². The van der Waals surface area contributed by atoms with Crippen molar-refractivity contribution in [3.8, 4) is 0 Å². The molecular formula is C19H26N2O. The zero-order chi connectivity index (χ0) is 14.9. The first-order valence-corrected chi connectivity index (χ1v) is 8.91. The molecule has 1 unspecified atom stereocenters. The van der Waals surface area contributed by atoms with Crippen LogP contribution in [0.15, 0.2) is 30.3 Å². The minimum atomic E-state index is 0.250. The highest BCUT2D eigenvalue weighted by Gasteiger charge is 2.46. The summed E-state index contributed by atoms with van der Waals surface area (Å²) in [5, 5.41) is 0. The zero-order valence-corrected chi connectivity index (χ0v) is 13.3. The fraction of sp³-hybridized carbons (Fsp3) is 0.632. The summed E-state index contributed by atoms with van der Waals surface area (Å²) >= 11 is 0. The second-order valence-electron chi connectivity index (χ2n) is 7.16. The highest BCUT2D eigenvalue weighted by molar-refractivity contribution is 5.83. The highest BCUT2D eigenvalue weighted by Crippen LogP contribution is 2.48. The van der Waals surface area contributed by atoms with Crippen LogP contribution in [0.3, 0.4) is 0 Å². The molecule has 2 saturated carbocycles. The van der Waals surface area contributed by atoms with Crippen molar-refractivity contribution in [3.05, 3.63) is 35.9 Å². The lowest BCUT2D eigenvalue weighted by Gasteiger charge is -2.38. The van der Waals surface area contributed by atoms with Gasteiger partial charge >= 0.3 is 0 Å². The molecule has 1 aromatic carbocycles. The lowest BCUT2D eigenvalue weighted by molar-refractivity contribution is -0.134. The van der Waals surface area contributed by atoms with E-state index >= 15 is 0 Å². The largest absolute Gasteiger partial charge is 0.340 e. The molecule has 0 aromatic heterocycles. The summed E-state index contributed by atoms with van der Waals surface area (Å²) in [6, 6.07) is 11.3. The van der Waals surface area contributed by atoms with Crippen LogP contribution in [0.25, 0.3) is 0 Å². The van der Waals surface area contributed by atoms with E-state index in [9.17, 15) is 4.79 Å². The molecule has 3 nitrogen and oxygen atoms in total. The predicted octanol–water partition coefficient (Wildman–Crippen LogP) is 2.88. The molecule has 4 rings (SSSR count). The highest BCUT2D eigenvalue weighted by atomic mass is 16.2. The van der Waals surface area contributed by atoms with Crippen LogP contribution in [0.1, 0.15) is 43.6 Å². The molecule has 22 heavy (non-hydrogen) atoms. The van der Waals surface area contributed by atoms with Gasteiger partial charge in [0.1, 0.15) is 0 Å². The van der Waals surface area contributed by atoms with Crippen molar-refractivity contribution in [2.75, 3.05) is 26.2 Å². The molecule has 0 bridgehead atoms. The fourth-order valence-corrected chi connectivity index (χ4v) is 4.35. The maximum Gasteiger partial charge on any atom is 0.226 e. The normalized spacial score (nSPS) is 29.7. The molecule has 0 spiro atoms. The predicted molar refractivity (Wildman–Crippen MR) is 87.7 cm³/mol. The number of hydrogen-bond donors (Lipinski definition) is 0. The molecule has 3 aliphatic rings. The van der Waals surface area contributed by atoms with Gasteiger partial charge in [0.05, 0.1) is 0 Å². The van der Waals surface area contributed by atoms with Crippen LogP contribution in [0.5, 0.6) is 0 Å². The number of carbonyl (C=O) groups excluding carboxylic acids is 1. The molecule has 1 heterocycles. The number of piperazine rings is 1. The average molecular weight is 298 g/mol. The van der Waals surface area contributed by atoms with Crippen molar-refractivity contribution < 1.29 is 4.79 Å². The van der Waals surface area contributed by atoms with Gasteiger partial charge in [-0.25, -0.2) is 0 Å². The Balaban J connectivity index is 1.30. The first kappa shape index (κ1) is 14.3. The number of carbonyl (C=O) groups is 1. The number of rotatable bonds is 3. The van der Waals surface area contributed by atoms with Crippen molar-refractivity contribution in [2.45, 2.75) is 44.1 Å². The molecule has 3 fully saturated rings. The average Bonchev–Trinajstić information content (AvgIpc) is 3.20. The van der Waals surface area contributed by atoms with Gasteiger partial charge in [0.15, 0.2) is 0 Å². The van der Waals surface area contributed by atoms with Gasteiger partial charge in [0.2, 0.25) is 5.91 Å². The summed E-state index contributed by atoms with van der Waals surface area (Å²) in [6.45, 7) is 4.04. The summed E-state index contributed by atoms with van der Waals surface area (Å²) in [7, 11) is 0. The van der Waals surface area contributed by atoms with E-state index in [1.54, 1.807) is 0 Å². The summed E-state index contributed by atoms with van der Waals surface area (Å²) in [6.07, 6.45) is 6.57. The Morgan fingerprint density at radius 3 is 2.32 bits per heavy atom. The monoisotopic (exact) mass is 298 g/mol. The second kappa shape index (κ2) is 6.04. The number of amides is 1. The molecule has 1 saturated heterocycles. The zero-order valence-electron chi connectivity index (χ0n) is 13.3. The first-order valence-electron chi connectivity index (χ1n) is 8.91. The molecule has 1 amide bonds. The van der Waals surface area contributed by atoms with Gasteiger partial charge in [0.25, 0.3) is 0 Å². The number of benzene rings is 1. The Kier molecular flexibility index (Phi) is 3.91. The lowest BCUT2D eigenvalue weighted by atomic mass is 10.1. The van der Waals surface area contributed by atoms with Gasteiger partial charge in [0, 0.05) is 38.1 Å². The summed E-state index contributed by atoms with van der Waals surface area (Å²) in [4.78, 5) is 17.4. The van der Waals surface area contributed by atoms with Crippen molar-refractivity contribution in [3.63, 3.8) is 0 Å². The van der Waals surface area contributed by atoms with Crippen LogP contribution in [0, 0.1) is 5.92 Å². The number of hydrogen-bond acceptors (Lipinski definition) is 2. The Morgan fingerprint density at radius 2 is 1.64 bits per heavy atom. The lowest BCUT2D eigenvalue weighted by Crippen LogP contribution is -2.51. The smallest absolute Gasteiger partial charge is 0.226 e. The van der Waals surface area contributed by atoms with Crippen molar-refractivity contribution in [1.82, 2.24) is 9.80 Å². The molecule has 1 aromatic rings. The van der Waals surface area contributed by atoms with Crippen LogP contribution in [0.2, 0.25) is 0 Å². The molecule has 2 atom stereocenters. The first-order chi connectivity index (χ1) is 10.8. The summed E-state index contributed by atoms with van der Waals surface area (Å²) in [5.41, 5.74) is 1.34. The van der Waals surface area contributed by atoms with E-state index in [1.807, 2.05) is 6.07 Å².